The van der Waals surface area contributed by atoms with Gasteiger partial charge in [0.05, 0.1) is 26.4 Å². The van der Waals surface area contributed by atoms with Gasteiger partial charge in [-0.1, -0.05) is 0 Å². The number of hydrogen-bond acceptors (Lipinski definition) is 4. The van der Waals surface area contributed by atoms with Gasteiger partial charge in [0.25, 0.3) is 0 Å². The molecule has 0 unspecified atom stereocenters. The molecule has 0 atom stereocenters. The predicted octanol–water partition coefficient (Wildman–Crippen LogP) is 2.22. The SMILES string of the molecule is COCCOCCOCCCCCNC(C)(C)C. The third-order valence-corrected chi connectivity index (χ3v) is 2.42. The van der Waals surface area contributed by atoms with Crippen molar-refractivity contribution in [2.75, 3.05) is 46.7 Å². The van der Waals surface area contributed by atoms with E-state index in [4.69, 9.17) is 14.2 Å². The lowest BCUT2D eigenvalue weighted by Crippen LogP contribution is -2.36. The summed E-state index contributed by atoms with van der Waals surface area (Å²) in [6.45, 7) is 11.2. The molecule has 0 aromatic heterocycles. The minimum Gasteiger partial charge on any atom is -0.382 e. The number of rotatable bonds is 12. The summed E-state index contributed by atoms with van der Waals surface area (Å²) in [7, 11) is 1.67. The fraction of sp³-hybridized carbons (Fsp3) is 1.00. The molecule has 0 aliphatic carbocycles. The number of ether oxygens (including phenoxy) is 3. The molecular weight excluding hydrogens is 230 g/mol. The Kier molecular flexibility index (Phi) is 11.8. The number of hydrogen-bond donors (Lipinski definition) is 1. The molecule has 0 radical (unpaired) electrons. The van der Waals surface area contributed by atoms with Crippen LogP contribution in [0.5, 0.6) is 0 Å². The highest BCUT2D eigenvalue weighted by atomic mass is 16.5. The summed E-state index contributed by atoms with van der Waals surface area (Å²) >= 11 is 0. The molecule has 0 bridgehead atoms. The van der Waals surface area contributed by atoms with Gasteiger partial charge in [0.2, 0.25) is 0 Å². The molecule has 0 aliphatic rings. The molecule has 0 rings (SSSR count). The lowest BCUT2D eigenvalue weighted by molar-refractivity contribution is 0.0240. The Hall–Kier alpha value is -0.160. The second kappa shape index (κ2) is 11.9. The van der Waals surface area contributed by atoms with E-state index in [1.54, 1.807) is 7.11 Å². The molecule has 4 heteroatoms. The van der Waals surface area contributed by atoms with E-state index >= 15 is 0 Å². The average Bonchev–Trinajstić information content (AvgIpc) is 2.29. The summed E-state index contributed by atoms with van der Waals surface area (Å²) in [6, 6.07) is 0. The van der Waals surface area contributed by atoms with E-state index in [0.29, 0.717) is 26.4 Å². The van der Waals surface area contributed by atoms with Crippen LogP contribution < -0.4 is 5.32 Å². The summed E-state index contributed by atoms with van der Waals surface area (Å²) in [5.41, 5.74) is 0.232. The largest absolute Gasteiger partial charge is 0.382 e. The molecule has 0 aromatic carbocycles. The second-order valence-corrected chi connectivity index (χ2v) is 5.45. The first-order chi connectivity index (χ1) is 8.56. The smallest absolute Gasteiger partial charge is 0.0701 e. The molecule has 0 aliphatic heterocycles. The Morgan fingerprint density at radius 1 is 0.778 bits per heavy atom. The zero-order valence-electron chi connectivity index (χ0n) is 12.6. The molecule has 4 nitrogen and oxygen atoms in total. The van der Waals surface area contributed by atoms with Crippen LogP contribution in [0.2, 0.25) is 0 Å². The highest BCUT2D eigenvalue weighted by Crippen LogP contribution is 2.00. The van der Waals surface area contributed by atoms with Crippen LogP contribution >= 0.6 is 0 Å². The van der Waals surface area contributed by atoms with Crippen LogP contribution in [0, 0.1) is 0 Å². The van der Waals surface area contributed by atoms with Crippen molar-refractivity contribution in [2.45, 2.75) is 45.6 Å². The molecule has 0 amide bonds. The molecular formula is C14H31NO3. The minimum atomic E-state index is 0.232. The van der Waals surface area contributed by atoms with E-state index in [2.05, 4.69) is 26.1 Å². The molecule has 0 saturated carbocycles. The van der Waals surface area contributed by atoms with Gasteiger partial charge < -0.3 is 19.5 Å². The topological polar surface area (TPSA) is 39.7 Å². The van der Waals surface area contributed by atoms with Gasteiger partial charge in [-0.05, 0) is 46.6 Å². The lowest BCUT2D eigenvalue weighted by atomic mass is 10.1. The van der Waals surface area contributed by atoms with Crippen LogP contribution in [-0.2, 0) is 14.2 Å². The van der Waals surface area contributed by atoms with Crippen LogP contribution in [0.4, 0.5) is 0 Å². The Morgan fingerprint density at radius 3 is 2.00 bits per heavy atom. The zero-order valence-corrected chi connectivity index (χ0v) is 12.6. The quantitative estimate of drug-likeness (QED) is 0.547. The third-order valence-electron chi connectivity index (χ3n) is 2.42. The fourth-order valence-corrected chi connectivity index (χ4v) is 1.43. The summed E-state index contributed by atoms with van der Waals surface area (Å²) in [6.07, 6.45) is 3.56. The average molecular weight is 261 g/mol. The van der Waals surface area contributed by atoms with Gasteiger partial charge in [-0.2, -0.15) is 0 Å². The highest BCUT2D eigenvalue weighted by Gasteiger charge is 2.06. The maximum absolute atomic E-state index is 5.48. The number of nitrogens with one attached hydrogen (secondary N) is 1. The third kappa shape index (κ3) is 15.8. The van der Waals surface area contributed by atoms with Gasteiger partial charge in [-0.25, -0.2) is 0 Å². The Balaban J connectivity index is 2.99. The fourth-order valence-electron chi connectivity index (χ4n) is 1.43. The van der Waals surface area contributed by atoms with E-state index in [1.165, 1.54) is 12.8 Å². The van der Waals surface area contributed by atoms with Crippen LogP contribution in [0.1, 0.15) is 40.0 Å². The maximum atomic E-state index is 5.48. The first-order valence-electron chi connectivity index (χ1n) is 6.96. The van der Waals surface area contributed by atoms with Gasteiger partial charge in [0.1, 0.15) is 0 Å². The van der Waals surface area contributed by atoms with Gasteiger partial charge in [0.15, 0.2) is 0 Å². The summed E-state index contributed by atoms with van der Waals surface area (Å²) in [5.74, 6) is 0. The molecule has 0 aromatic rings. The minimum absolute atomic E-state index is 0.232. The molecule has 18 heavy (non-hydrogen) atoms. The van der Waals surface area contributed by atoms with E-state index in [9.17, 15) is 0 Å². The van der Waals surface area contributed by atoms with Crippen molar-refractivity contribution in [1.82, 2.24) is 5.32 Å². The molecule has 110 valence electrons. The first kappa shape index (κ1) is 17.8. The summed E-state index contributed by atoms with van der Waals surface area (Å²) in [5, 5.41) is 3.48. The summed E-state index contributed by atoms with van der Waals surface area (Å²) < 4.78 is 15.6. The van der Waals surface area contributed by atoms with Crippen molar-refractivity contribution in [1.29, 1.82) is 0 Å². The van der Waals surface area contributed by atoms with Crippen molar-refractivity contribution in [3.63, 3.8) is 0 Å². The standard InChI is InChI=1S/C14H31NO3/c1-14(2,3)15-8-6-5-7-9-17-12-13-18-11-10-16-4/h15H,5-13H2,1-4H3. The number of unbranched alkanes of at least 4 members (excludes halogenated alkanes) is 2. The maximum Gasteiger partial charge on any atom is 0.0701 e. The van der Waals surface area contributed by atoms with E-state index < -0.39 is 0 Å². The van der Waals surface area contributed by atoms with E-state index in [-0.39, 0.29) is 5.54 Å². The van der Waals surface area contributed by atoms with Crippen molar-refractivity contribution in [3.8, 4) is 0 Å². The zero-order chi connectivity index (χ0) is 13.7. The van der Waals surface area contributed by atoms with Gasteiger partial charge >= 0.3 is 0 Å². The van der Waals surface area contributed by atoms with E-state index in [0.717, 1.165) is 19.6 Å². The molecule has 0 heterocycles. The van der Waals surface area contributed by atoms with Crippen LogP contribution in [0.15, 0.2) is 0 Å². The van der Waals surface area contributed by atoms with Crippen molar-refractivity contribution < 1.29 is 14.2 Å². The van der Waals surface area contributed by atoms with Crippen LogP contribution in [0.25, 0.3) is 0 Å². The Bertz CT molecular complexity index is 169. The van der Waals surface area contributed by atoms with Gasteiger partial charge in [0, 0.05) is 19.3 Å². The van der Waals surface area contributed by atoms with Crippen molar-refractivity contribution in [2.24, 2.45) is 0 Å². The van der Waals surface area contributed by atoms with Crippen molar-refractivity contribution in [3.05, 3.63) is 0 Å². The first-order valence-corrected chi connectivity index (χ1v) is 6.96. The van der Waals surface area contributed by atoms with Crippen LogP contribution in [0.3, 0.4) is 0 Å². The number of methoxy groups -OCH3 is 1. The molecule has 0 spiro atoms. The monoisotopic (exact) mass is 261 g/mol. The van der Waals surface area contributed by atoms with Crippen LogP contribution in [-0.4, -0.2) is 52.2 Å². The highest BCUT2D eigenvalue weighted by molar-refractivity contribution is 4.69. The Labute approximate surface area is 112 Å². The Morgan fingerprint density at radius 2 is 1.39 bits per heavy atom. The summed E-state index contributed by atoms with van der Waals surface area (Å²) in [4.78, 5) is 0. The predicted molar refractivity (Wildman–Crippen MR) is 75.1 cm³/mol. The van der Waals surface area contributed by atoms with Crippen molar-refractivity contribution >= 4 is 0 Å². The lowest BCUT2D eigenvalue weighted by Gasteiger charge is -2.20. The molecule has 1 N–H and O–H groups in total. The molecule has 0 saturated heterocycles. The van der Waals surface area contributed by atoms with Gasteiger partial charge in [-0.3, -0.25) is 0 Å². The van der Waals surface area contributed by atoms with E-state index in [1.807, 2.05) is 0 Å². The second-order valence-electron chi connectivity index (χ2n) is 5.45. The normalized spacial score (nSPS) is 12.0. The molecule has 0 fully saturated rings. The van der Waals surface area contributed by atoms with Gasteiger partial charge in [-0.15, -0.1) is 0 Å².